The highest BCUT2D eigenvalue weighted by atomic mass is 32.2. The molecule has 0 aliphatic carbocycles. The largest absolute Gasteiger partial charge is 0.273 e. The summed E-state index contributed by atoms with van der Waals surface area (Å²) >= 11 is 1.17. The van der Waals surface area contributed by atoms with Crippen LogP contribution in [0.25, 0.3) is 0 Å². The minimum Gasteiger partial charge on any atom is -0.266 e. The number of rotatable bonds is 4. The molecular formula is C12H12FNO2S2. The Balaban J connectivity index is 2.43. The van der Waals surface area contributed by atoms with Gasteiger partial charge in [0.1, 0.15) is 10.0 Å². The van der Waals surface area contributed by atoms with Crippen molar-refractivity contribution < 1.29 is 12.8 Å². The molecule has 18 heavy (non-hydrogen) atoms. The van der Waals surface area contributed by atoms with Crippen LogP contribution < -0.4 is 4.31 Å². The van der Waals surface area contributed by atoms with Crippen LogP contribution in [0, 0.1) is 5.82 Å². The van der Waals surface area contributed by atoms with Crippen LogP contribution in [0.3, 0.4) is 0 Å². The van der Waals surface area contributed by atoms with Gasteiger partial charge in [-0.15, -0.1) is 11.3 Å². The van der Waals surface area contributed by atoms with E-state index < -0.39 is 10.0 Å². The van der Waals surface area contributed by atoms with Crippen molar-refractivity contribution in [3.8, 4) is 0 Å². The van der Waals surface area contributed by atoms with E-state index in [1.165, 1.54) is 39.9 Å². The summed E-state index contributed by atoms with van der Waals surface area (Å²) < 4.78 is 39.1. The van der Waals surface area contributed by atoms with Crippen molar-refractivity contribution in [1.29, 1.82) is 0 Å². The Morgan fingerprint density at radius 1 is 1.22 bits per heavy atom. The molecule has 3 nitrogen and oxygen atoms in total. The molecule has 0 saturated carbocycles. The van der Waals surface area contributed by atoms with Crippen LogP contribution in [0.2, 0.25) is 0 Å². The van der Waals surface area contributed by atoms with Crippen molar-refractivity contribution >= 4 is 27.0 Å². The van der Waals surface area contributed by atoms with Gasteiger partial charge in [0.15, 0.2) is 0 Å². The molecule has 0 amide bonds. The van der Waals surface area contributed by atoms with Crippen molar-refractivity contribution in [1.82, 2.24) is 0 Å². The molecule has 0 spiro atoms. The van der Waals surface area contributed by atoms with Crippen LogP contribution in [-0.2, 0) is 10.0 Å². The summed E-state index contributed by atoms with van der Waals surface area (Å²) in [4.78, 5) is 0. The first kappa shape index (κ1) is 13.0. The Kier molecular flexibility index (Phi) is 3.68. The van der Waals surface area contributed by atoms with E-state index in [1.54, 1.807) is 24.4 Å². The average molecular weight is 285 g/mol. The zero-order valence-electron chi connectivity index (χ0n) is 9.71. The molecule has 0 radical (unpaired) electrons. The van der Waals surface area contributed by atoms with Crippen LogP contribution >= 0.6 is 11.3 Å². The highest BCUT2D eigenvalue weighted by molar-refractivity contribution is 7.94. The lowest BCUT2D eigenvalue weighted by Gasteiger charge is -2.21. The molecule has 0 fully saturated rings. The predicted octanol–water partition coefficient (Wildman–Crippen LogP) is 3.10. The van der Waals surface area contributed by atoms with Gasteiger partial charge in [0.25, 0.3) is 10.0 Å². The molecule has 0 saturated heterocycles. The fourth-order valence-corrected chi connectivity index (χ4v) is 4.20. The van der Waals surface area contributed by atoms with Gasteiger partial charge >= 0.3 is 0 Å². The summed E-state index contributed by atoms with van der Waals surface area (Å²) in [5.74, 6) is -0.386. The Hall–Kier alpha value is -1.40. The summed E-state index contributed by atoms with van der Waals surface area (Å²) in [6, 6.07) is 8.68. The number of thiophene rings is 1. The third-order valence-corrected chi connectivity index (χ3v) is 5.72. The second kappa shape index (κ2) is 5.07. The van der Waals surface area contributed by atoms with Crippen LogP contribution in [-0.4, -0.2) is 15.0 Å². The van der Waals surface area contributed by atoms with Gasteiger partial charge in [-0.3, -0.25) is 4.31 Å². The summed E-state index contributed by atoms with van der Waals surface area (Å²) in [5.41, 5.74) is 0.465. The zero-order valence-corrected chi connectivity index (χ0v) is 11.3. The zero-order chi connectivity index (χ0) is 13.2. The minimum atomic E-state index is -3.54. The summed E-state index contributed by atoms with van der Waals surface area (Å²) in [6.45, 7) is 2.04. The molecule has 0 N–H and O–H groups in total. The van der Waals surface area contributed by atoms with Gasteiger partial charge in [0.2, 0.25) is 0 Å². The maximum Gasteiger partial charge on any atom is 0.273 e. The minimum absolute atomic E-state index is 0.286. The van der Waals surface area contributed by atoms with Crippen LogP contribution in [0.15, 0.2) is 46.0 Å². The quantitative estimate of drug-likeness (QED) is 0.865. The average Bonchev–Trinajstić information content (AvgIpc) is 2.86. The molecule has 96 valence electrons. The SMILES string of the molecule is CCN(c1ccc(F)cc1)S(=O)(=O)c1cccs1. The lowest BCUT2D eigenvalue weighted by atomic mass is 10.3. The van der Waals surface area contributed by atoms with E-state index in [-0.39, 0.29) is 10.0 Å². The number of hydrogen-bond donors (Lipinski definition) is 0. The van der Waals surface area contributed by atoms with Crippen molar-refractivity contribution in [3.63, 3.8) is 0 Å². The number of sulfonamides is 1. The number of hydrogen-bond acceptors (Lipinski definition) is 3. The molecule has 2 aromatic rings. The molecule has 0 aliphatic rings. The molecule has 1 aromatic carbocycles. The Morgan fingerprint density at radius 3 is 2.39 bits per heavy atom. The first-order chi connectivity index (χ1) is 8.55. The molecule has 6 heteroatoms. The number of benzene rings is 1. The highest BCUT2D eigenvalue weighted by Gasteiger charge is 2.24. The van der Waals surface area contributed by atoms with Gasteiger partial charge in [-0.25, -0.2) is 12.8 Å². The third kappa shape index (κ3) is 2.39. The fraction of sp³-hybridized carbons (Fsp3) is 0.167. The van der Waals surface area contributed by atoms with E-state index in [4.69, 9.17) is 0 Å². The van der Waals surface area contributed by atoms with Crippen LogP contribution in [0.4, 0.5) is 10.1 Å². The second-order valence-electron chi connectivity index (χ2n) is 3.58. The molecule has 2 rings (SSSR count). The Bertz CT molecular complexity index is 606. The van der Waals surface area contributed by atoms with E-state index in [2.05, 4.69) is 0 Å². The maximum absolute atomic E-state index is 12.9. The molecule has 0 aliphatic heterocycles. The standard InChI is InChI=1S/C12H12FNO2S2/c1-2-14(11-7-5-10(13)6-8-11)18(15,16)12-4-3-9-17-12/h3-9H,2H2,1H3. The number of anilines is 1. The van der Waals surface area contributed by atoms with Gasteiger partial charge < -0.3 is 0 Å². The molecule has 0 bridgehead atoms. The maximum atomic E-state index is 12.9. The van der Waals surface area contributed by atoms with Gasteiger partial charge in [-0.2, -0.15) is 0 Å². The van der Waals surface area contributed by atoms with E-state index in [1.807, 2.05) is 0 Å². The first-order valence-electron chi connectivity index (χ1n) is 5.37. The summed E-state index contributed by atoms with van der Waals surface area (Å²) in [5, 5.41) is 1.71. The van der Waals surface area contributed by atoms with Crippen molar-refractivity contribution in [2.45, 2.75) is 11.1 Å². The van der Waals surface area contributed by atoms with Crippen LogP contribution in [0.1, 0.15) is 6.92 Å². The lowest BCUT2D eigenvalue weighted by Crippen LogP contribution is -2.30. The second-order valence-corrected chi connectivity index (χ2v) is 6.62. The van der Waals surface area contributed by atoms with E-state index in [0.717, 1.165) is 0 Å². The molecular weight excluding hydrogens is 273 g/mol. The van der Waals surface area contributed by atoms with Crippen molar-refractivity contribution in [2.75, 3.05) is 10.8 Å². The summed E-state index contributed by atoms with van der Waals surface area (Å²) in [6.07, 6.45) is 0. The molecule has 1 heterocycles. The van der Waals surface area contributed by atoms with E-state index in [0.29, 0.717) is 12.2 Å². The number of halogens is 1. The summed E-state index contributed by atoms with van der Waals surface area (Å²) in [7, 11) is -3.54. The lowest BCUT2D eigenvalue weighted by molar-refractivity contribution is 0.593. The topological polar surface area (TPSA) is 37.4 Å². The number of nitrogens with zero attached hydrogens (tertiary/aromatic N) is 1. The molecule has 0 atom stereocenters. The monoisotopic (exact) mass is 285 g/mol. The highest BCUT2D eigenvalue weighted by Crippen LogP contribution is 2.26. The van der Waals surface area contributed by atoms with Crippen molar-refractivity contribution in [3.05, 3.63) is 47.6 Å². The Labute approximate surface area is 110 Å². The van der Waals surface area contributed by atoms with Gasteiger partial charge in [0.05, 0.1) is 5.69 Å². The normalized spacial score (nSPS) is 11.4. The smallest absolute Gasteiger partial charge is 0.266 e. The molecule has 1 aromatic heterocycles. The van der Waals surface area contributed by atoms with Crippen LogP contribution in [0.5, 0.6) is 0 Å². The fourth-order valence-electron chi connectivity index (χ4n) is 1.62. The van der Waals surface area contributed by atoms with Gasteiger partial charge in [0, 0.05) is 6.54 Å². The molecule has 0 unspecified atom stereocenters. The third-order valence-electron chi connectivity index (χ3n) is 2.44. The van der Waals surface area contributed by atoms with Gasteiger partial charge in [-0.1, -0.05) is 6.07 Å². The van der Waals surface area contributed by atoms with Crippen molar-refractivity contribution in [2.24, 2.45) is 0 Å². The predicted molar refractivity (Wildman–Crippen MR) is 70.9 cm³/mol. The Morgan fingerprint density at radius 2 is 1.89 bits per heavy atom. The van der Waals surface area contributed by atoms with E-state index >= 15 is 0 Å². The van der Waals surface area contributed by atoms with E-state index in [9.17, 15) is 12.8 Å². The first-order valence-corrected chi connectivity index (χ1v) is 7.69. The van der Waals surface area contributed by atoms with Gasteiger partial charge in [-0.05, 0) is 42.6 Å².